The van der Waals surface area contributed by atoms with Crippen LogP contribution in [-0.2, 0) is 6.54 Å². The maximum Gasteiger partial charge on any atom is 0.329 e. The molecule has 1 aromatic heterocycles. The molecule has 0 bridgehead atoms. The summed E-state index contributed by atoms with van der Waals surface area (Å²) in [6.45, 7) is 2.95. The van der Waals surface area contributed by atoms with Crippen molar-refractivity contribution >= 4 is 11.6 Å². The number of hydrogen-bond donors (Lipinski definition) is 2. The number of likely N-dealkylation sites (tertiary alicyclic amines) is 1. The Labute approximate surface area is 174 Å². The molecule has 0 aliphatic carbocycles. The molecule has 0 amide bonds. The number of carbonyl (C=O) groups excluding carboxylic acids is 1. The minimum absolute atomic E-state index is 0.0253. The van der Waals surface area contributed by atoms with E-state index in [1.165, 1.54) is 4.57 Å². The number of ether oxygens (including phenoxy) is 2. The first-order valence-electron chi connectivity index (χ1n) is 10.0. The van der Waals surface area contributed by atoms with E-state index < -0.39 is 17.0 Å². The van der Waals surface area contributed by atoms with E-state index in [-0.39, 0.29) is 24.0 Å². The predicted molar refractivity (Wildman–Crippen MR) is 113 cm³/mol. The molecule has 0 saturated carbocycles. The molecule has 162 valence electrons. The molecule has 0 radical (unpaired) electrons. The fourth-order valence-electron chi connectivity index (χ4n) is 4.03. The number of nitrogen functional groups attached to an aromatic ring is 1. The van der Waals surface area contributed by atoms with Crippen molar-refractivity contribution in [1.29, 1.82) is 0 Å². The van der Waals surface area contributed by atoms with Crippen molar-refractivity contribution in [1.82, 2.24) is 14.5 Å². The van der Waals surface area contributed by atoms with Gasteiger partial charge in [-0.05, 0) is 31.9 Å². The number of H-pyrrole nitrogens is 1. The van der Waals surface area contributed by atoms with Crippen molar-refractivity contribution < 1.29 is 14.3 Å². The Hall–Kier alpha value is -3.07. The van der Waals surface area contributed by atoms with E-state index >= 15 is 0 Å². The van der Waals surface area contributed by atoms with Crippen molar-refractivity contribution in [2.75, 3.05) is 33.0 Å². The zero-order valence-electron chi connectivity index (χ0n) is 17.6. The molecule has 3 N–H and O–H groups in total. The van der Waals surface area contributed by atoms with Gasteiger partial charge in [-0.3, -0.25) is 24.0 Å². The highest BCUT2D eigenvalue weighted by atomic mass is 16.5. The molecular weight excluding hydrogens is 388 g/mol. The highest BCUT2D eigenvalue weighted by Crippen LogP contribution is 2.38. The van der Waals surface area contributed by atoms with Crippen molar-refractivity contribution in [3.8, 4) is 11.5 Å². The standard InChI is InChI=1S/C21H28N4O5/c1-4-9-25-19(22)18(20(27)23-21(25)28)16(26)12-24-10-5-6-15(24)14-8-7-13(29-2)11-17(14)30-3/h7-8,11,15H,4-6,9-10,12,22H2,1-3H3,(H,23,27,28)/t15-/m0/s1. The van der Waals surface area contributed by atoms with Crippen LogP contribution in [0.3, 0.4) is 0 Å². The Morgan fingerprint density at radius 3 is 2.70 bits per heavy atom. The number of nitrogens with two attached hydrogens (primary N) is 1. The lowest BCUT2D eigenvalue weighted by Gasteiger charge is -2.26. The van der Waals surface area contributed by atoms with E-state index in [0.29, 0.717) is 31.0 Å². The number of carbonyl (C=O) groups is 1. The van der Waals surface area contributed by atoms with E-state index in [1.54, 1.807) is 14.2 Å². The van der Waals surface area contributed by atoms with E-state index in [4.69, 9.17) is 15.2 Å². The van der Waals surface area contributed by atoms with Crippen LogP contribution in [0.2, 0.25) is 0 Å². The maximum absolute atomic E-state index is 13.0. The number of nitrogens with zero attached hydrogens (tertiary/aromatic N) is 2. The first-order valence-corrected chi connectivity index (χ1v) is 10.0. The highest BCUT2D eigenvalue weighted by Gasteiger charge is 2.31. The molecule has 2 aromatic rings. The Kier molecular flexibility index (Phi) is 6.61. The zero-order chi connectivity index (χ0) is 21.8. The van der Waals surface area contributed by atoms with Gasteiger partial charge in [-0.1, -0.05) is 13.0 Å². The molecule has 1 aliphatic heterocycles. The van der Waals surface area contributed by atoms with Crippen LogP contribution in [0.25, 0.3) is 0 Å². The largest absolute Gasteiger partial charge is 0.497 e. The van der Waals surface area contributed by atoms with Gasteiger partial charge in [0.2, 0.25) is 0 Å². The molecule has 0 unspecified atom stereocenters. The fraction of sp³-hybridized carbons (Fsp3) is 0.476. The molecule has 2 heterocycles. The number of benzene rings is 1. The molecule has 1 atom stereocenters. The molecule has 30 heavy (non-hydrogen) atoms. The molecule has 1 aromatic carbocycles. The Morgan fingerprint density at radius 2 is 2.03 bits per heavy atom. The first kappa shape index (κ1) is 21.6. The third kappa shape index (κ3) is 4.11. The summed E-state index contributed by atoms with van der Waals surface area (Å²) >= 11 is 0. The predicted octanol–water partition coefficient (Wildman–Crippen LogP) is 1.57. The molecule has 1 saturated heterocycles. The lowest BCUT2D eigenvalue weighted by molar-refractivity contribution is 0.0919. The lowest BCUT2D eigenvalue weighted by Crippen LogP contribution is -2.39. The fourth-order valence-corrected chi connectivity index (χ4v) is 4.03. The molecule has 3 rings (SSSR count). The van der Waals surface area contributed by atoms with Gasteiger partial charge in [0.25, 0.3) is 5.56 Å². The lowest BCUT2D eigenvalue weighted by atomic mass is 10.0. The number of Topliss-reactive ketones (excluding diaryl/α,β-unsaturated/α-hetero) is 1. The quantitative estimate of drug-likeness (QED) is 0.627. The van der Waals surface area contributed by atoms with Gasteiger partial charge >= 0.3 is 5.69 Å². The second kappa shape index (κ2) is 9.17. The summed E-state index contributed by atoms with van der Waals surface area (Å²) in [6.07, 6.45) is 2.42. The van der Waals surface area contributed by atoms with E-state index in [0.717, 1.165) is 18.4 Å². The summed E-state index contributed by atoms with van der Waals surface area (Å²) in [5, 5.41) is 0. The molecule has 0 spiro atoms. The third-order valence-corrected chi connectivity index (χ3v) is 5.48. The summed E-state index contributed by atoms with van der Waals surface area (Å²) in [4.78, 5) is 41.6. The average molecular weight is 416 g/mol. The van der Waals surface area contributed by atoms with Crippen LogP contribution >= 0.6 is 0 Å². The molecule has 1 aliphatic rings. The minimum atomic E-state index is -0.743. The van der Waals surface area contributed by atoms with E-state index in [1.807, 2.05) is 30.0 Å². The Morgan fingerprint density at radius 1 is 1.27 bits per heavy atom. The van der Waals surface area contributed by atoms with Gasteiger partial charge in [0.1, 0.15) is 22.9 Å². The molecule has 9 nitrogen and oxygen atoms in total. The number of rotatable bonds is 8. The van der Waals surface area contributed by atoms with Crippen molar-refractivity contribution in [3.63, 3.8) is 0 Å². The first-order chi connectivity index (χ1) is 14.4. The van der Waals surface area contributed by atoms with Gasteiger partial charge in [-0.15, -0.1) is 0 Å². The van der Waals surface area contributed by atoms with Gasteiger partial charge in [0, 0.05) is 24.2 Å². The van der Waals surface area contributed by atoms with Gasteiger partial charge in [-0.25, -0.2) is 4.79 Å². The Bertz CT molecular complexity index is 1040. The SMILES string of the molecule is CCCn1c(N)c(C(=O)CN2CCC[C@H]2c2ccc(OC)cc2OC)c(=O)[nH]c1=O. The summed E-state index contributed by atoms with van der Waals surface area (Å²) < 4.78 is 12.0. The van der Waals surface area contributed by atoms with Crippen molar-refractivity contribution in [3.05, 3.63) is 50.2 Å². The van der Waals surface area contributed by atoms with Crippen LogP contribution in [0, 0.1) is 0 Å². The topological polar surface area (TPSA) is 120 Å². The molecule has 9 heteroatoms. The van der Waals surface area contributed by atoms with Gasteiger partial charge in [0.15, 0.2) is 5.78 Å². The summed E-state index contributed by atoms with van der Waals surface area (Å²) in [7, 11) is 3.19. The monoisotopic (exact) mass is 416 g/mol. The minimum Gasteiger partial charge on any atom is -0.497 e. The number of nitrogens with one attached hydrogen (secondary N) is 1. The number of hydrogen-bond acceptors (Lipinski definition) is 7. The van der Waals surface area contributed by atoms with Crippen LogP contribution in [0.5, 0.6) is 11.5 Å². The van der Waals surface area contributed by atoms with Crippen LogP contribution in [-0.4, -0.2) is 47.5 Å². The maximum atomic E-state index is 13.0. The second-order valence-corrected chi connectivity index (χ2v) is 7.33. The average Bonchev–Trinajstić information content (AvgIpc) is 3.18. The van der Waals surface area contributed by atoms with Crippen LogP contribution in [0.1, 0.15) is 48.1 Å². The number of aromatic amines is 1. The van der Waals surface area contributed by atoms with Gasteiger partial charge in [0.05, 0.1) is 20.8 Å². The highest BCUT2D eigenvalue weighted by molar-refractivity contribution is 6.01. The third-order valence-electron chi connectivity index (χ3n) is 5.48. The summed E-state index contributed by atoms with van der Waals surface area (Å²) in [5.74, 6) is 0.896. The van der Waals surface area contributed by atoms with Crippen LogP contribution < -0.4 is 26.5 Å². The molecular formula is C21H28N4O5. The number of anilines is 1. The zero-order valence-corrected chi connectivity index (χ0v) is 17.6. The van der Waals surface area contributed by atoms with Crippen molar-refractivity contribution in [2.24, 2.45) is 0 Å². The number of ketones is 1. The van der Waals surface area contributed by atoms with Gasteiger partial charge in [-0.2, -0.15) is 0 Å². The van der Waals surface area contributed by atoms with Crippen LogP contribution in [0.15, 0.2) is 27.8 Å². The Balaban J connectivity index is 1.90. The smallest absolute Gasteiger partial charge is 0.329 e. The van der Waals surface area contributed by atoms with Gasteiger partial charge < -0.3 is 15.2 Å². The summed E-state index contributed by atoms with van der Waals surface area (Å²) in [6, 6.07) is 5.58. The summed E-state index contributed by atoms with van der Waals surface area (Å²) in [5.41, 5.74) is 5.50. The number of methoxy groups -OCH3 is 2. The number of aromatic nitrogens is 2. The second-order valence-electron chi connectivity index (χ2n) is 7.33. The van der Waals surface area contributed by atoms with Crippen molar-refractivity contribution in [2.45, 2.75) is 38.8 Å². The molecule has 1 fully saturated rings. The van der Waals surface area contributed by atoms with Crippen LogP contribution in [0.4, 0.5) is 5.82 Å². The van der Waals surface area contributed by atoms with E-state index in [9.17, 15) is 14.4 Å². The normalized spacial score (nSPS) is 16.6. The van der Waals surface area contributed by atoms with E-state index in [2.05, 4.69) is 4.98 Å².